The number of phenolic OH excluding ortho intramolecular Hbond substituents is 1. The van der Waals surface area contributed by atoms with Gasteiger partial charge in [0.1, 0.15) is 0 Å². The van der Waals surface area contributed by atoms with E-state index in [2.05, 4.69) is 10.4 Å². The number of hydrogen-bond donors (Lipinski definition) is 2. The zero-order valence-corrected chi connectivity index (χ0v) is 13.9. The van der Waals surface area contributed by atoms with Crippen molar-refractivity contribution in [3.8, 4) is 11.5 Å². The summed E-state index contributed by atoms with van der Waals surface area (Å²) in [7, 11) is 3.25. The Hall–Kier alpha value is -2.60. The van der Waals surface area contributed by atoms with Crippen LogP contribution in [0, 0.1) is 0 Å². The molecule has 0 aliphatic rings. The maximum atomic E-state index is 10.0. The van der Waals surface area contributed by atoms with Crippen molar-refractivity contribution < 1.29 is 9.84 Å². The third-order valence-electron chi connectivity index (χ3n) is 3.20. The summed E-state index contributed by atoms with van der Waals surface area (Å²) in [5, 5.41) is 19.4. The molecule has 6 heteroatoms. The number of methoxy groups -OCH3 is 1. The zero-order chi connectivity index (χ0) is 16.7. The molecule has 0 radical (unpaired) electrons. The first kappa shape index (κ1) is 16.8. The molecule has 0 aliphatic heterocycles. The van der Waals surface area contributed by atoms with Gasteiger partial charge in [-0.25, -0.2) is 5.01 Å². The van der Waals surface area contributed by atoms with Crippen LogP contribution in [0.15, 0.2) is 53.6 Å². The van der Waals surface area contributed by atoms with E-state index in [9.17, 15) is 5.11 Å². The van der Waals surface area contributed by atoms with Crippen molar-refractivity contribution in [1.82, 2.24) is 10.3 Å². The third-order valence-corrected chi connectivity index (χ3v) is 3.61. The molecule has 0 fully saturated rings. The first-order valence-electron chi connectivity index (χ1n) is 7.07. The van der Waals surface area contributed by atoms with Gasteiger partial charge < -0.3 is 15.2 Å². The van der Waals surface area contributed by atoms with Gasteiger partial charge in [0.2, 0.25) is 0 Å². The van der Waals surface area contributed by atoms with Crippen molar-refractivity contribution in [2.24, 2.45) is 5.10 Å². The fraction of sp³-hybridized carbons (Fsp3) is 0.176. The molecule has 0 saturated carbocycles. The molecule has 2 aromatic carbocycles. The molecular weight excluding hydrogens is 310 g/mol. The van der Waals surface area contributed by atoms with Gasteiger partial charge in [-0.3, -0.25) is 0 Å². The highest BCUT2D eigenvalue weighted by Crippen LogP contribution is 2.27. The molecule has 120 valence electrons. The fourth-order valence-corrected chi connectivity index (χ4v) is 2.02. The number of phenols is 1. The van der Waals surface area contributed by atoms with E-state index in [1.54, 1.807) is 25.2 Å². The lowest BCUT2D eigenvalue weighted by Crippen LogP contribution is -2.33. The molecule has 0 amide bonds. The predicted molar refractivity (Wildman–Crippen MR) is 95.9 cm³/mol. The van der Waals surface area contributed by atoms with Gasteiger partial charge >= 0.3 is 0 Å². The summed E-state index contributed by atoms with van der Waals surface area (Å²) >= 11 is 5.29. The summed E-state index contributed by atoms with van der Waals surface area (Å²) in [5.74, 6) is 0.455. The van der Waals surface area contributed by atoms with Crippen LogP contribution in [0.2, 0.25) is 0 Å². The van der Waals surface area contributed by atoms with E-state index in [0.29, 0.717) is 23.0 Å². The quantitative estimate of drug-likeness (QED) is 0.502. The Morgan fingerprint density at radius 2 is 2.00 bits per heavy atom. The molecule has 0 atom stereocenters. The molecule has 2 N–H and O–H groups in total. The normalized spacial score (nSPS) is 10.5. The van der Waals surface area contributed by atoms with Crippen LogP contribution in [-0.2, 0) is 6.54 Å². The standard InChI is InChI=1S/C17H19N3O2S/c1-20(17(23)18-11-13-7-4-3-5-8-13)19-12-14-9-6-10-15(22-2)16(14)21/h3-10,12,21H,11H2,1-2H3,(H,18,23)/b19-12+. The Balaban J connectivity index is 1.95. The minimum atomic E-state index is 0.0512. The smallest absolute Gasteiger partial charge is 0.189 e. The number of aromatic hydroxyl groups is 1. The van der Waals surface area contributed by atoms with E-state index in [0.717, 1.165) is 5.56 Å². The number of para-hydroxylation sites is 1. The summed E-state index contributed by atoms with van der Waals surface area (Å²) in [5.41, 5.74) is 1.69. The Morgan fingerprint density at radius 3 is 2.70 bits per heavy atom. The summed E-state index contributed by atoms with van der Waals surface area (Å²) in [6, 6.07) is 15.2. The highest BCUT2D eigenvalue weighted by Gasteiger charge is 2.06. The van der Waals surface area contributed by atoms with Crippen molar-refractivity contribution in [1.29, 1.82) is 0 Å². The molecule has 0 bridgehead atoms. The van der Waals surface area contributed by atoms with Gasteiger partial charge in [0, 0.05) is 19.2 Å². The second-order valence-electron chi connectivity index (χ2n) is 4.81. The third kappa shape index (κ3) is 4.69. The van der Waals surface area contributed by atoms with Crippen molar-refractivity contribution in [2.45, 2.75) is 6.54 Å². The van der Waals surface area contributed by atoms with Crippen molar-refractivity contribution >= 4 is 23.5 Å². The van der Waals surface area contributed by atoms with Gasteiger partial charge in [-0.1, -0.05) is 36.4 Å². The number of rotatable bonds is 5. The average Bonchev–Trinajstić information content (AvgIpc) is 2.59. The highest BCUT2D eigenvalue weighted by molar-refractivity contribution is 7.80. The number of benzene rings is 2. The number of ether oxygens (including phenoxy) is 1. The second kappa shape index (κ2) is 8.14. The number of hydrogen-bond acceptors (Lipinski definition) is 4. The van der Waals surface area contributed by atoms with Crippen molar-refractivity contribution in [3.63, 3.8) is 0 Å². The van der Waals surface area contributed by atoms with Gasteiger partial charge in [0.25, 0.3) is 0 Å². The summed E-state index contributed by atoms with van der Waals surface area (Å²) in [6.45, 7) is 0.629. The van der Waals surface area contributed by atoms with Crippen molar-refractivity contribution in [2.75, 3.05) is 14.2 Å². The molecule has 0 saturated heterocycles. The van der Waals surface area contributed by atoms with E-state index < -0.39 is 0 Å². The number of nitrogens with zero attached hydrogens (tertiary/aromatic N) is 2. The maximum absolute atomic E-state index is 10.0. The van der Waals surface area contributed by atoms with Crippen LogP contribution in [0.25, 0.3) is 0 Å². The molecule has 0 spiro atoms. The number of thiocarbonyl (C=S) groups is 1. The predicted octanol–water partition coefficient (Wildman–Crippen LogP) is 2.74. The van der Waals surface area contributed by atoms with E-state index in [1.165, 1.54) is 18.3 Å². The summed E-state index contributed by atoms with van der Waals surface area (Å²) < 4.78 is 5.06. The highest BCUT2D eigenvalue weighted by atomic mass is 32.1. The van der Waals surface area contributed by atoms with Crippen LogP contribution >= 0.6 is 12.2 Å². The second-order valence-corrected chi connectivity index (χ2v) is 5.20. The maximum Gasteiger partial charge on any atom is 0.189 e. The van der Waals surface area contributed by atoms with Gasteiger partial charge in [-0.05, 0) is 29.9 Å². The average molecular weight is 329 g/mol. The van der Waals surface area contributed by atoms with Crippen LogP contribution in [-0.4, -0.2) is 35.6 Å². The molecule has 23 heavy (non-hydrogen) atoms. The SMILES string of the molecule is COc1cccc(/C=N/N(C)C(=S)NCc2ccccc2)c1O. The van der Waals surface area contributed by atoms with E-state index in [4.69, 9.17) is 17.0 Å². The fourth-order valence-electron chi connectivity index (χ4n) is 1.90. The zero-order valence-electron chi connectivity index (χ0n) is 13.1. The Labute approximate surface area is 141 Å². The molecular formula is C17H19N3O2S. The summed E-state index contributed by atoms with van der Waals surface area (Å²) in [6.07, 6.45) is 1.54. The molecule has 0 aliphatic carbocycles. The molecule has 0 aromatic heterocycles. The number of nitrogens with one attached hydrogen (secondary N) is 1. The van der Waals surface area contributed by atoms with E-state index in [-0.39, 0.29) is 5.75 Å². The molecule has 0 heterocycles. The van der Waals surface area contributed by atoms with Crippen LogP contribution in [0.4, 0.5) is 0 Å². The molecule has 2 rings (SSSR count). The van der Waals surface area contributed by atoms with Gasteiger partial charge in [-0.15, -0.1) is 0 Å². The lowest BCUT2D eigenvalue weighted by molar-refractivity contribution is 0.373. The Kier molecular flexibility index (Phi) is 5.94. The monoisotopic (exact) mass is 329 g/mol. The first-order chi connectivity index (χ1) is 11.1. The van der Waals surface area contributed by atoms with E-state index >= 15 is 0 Å². The Morgan fingerprint density at radius 1 is 1.26 bits per heavy atom. The van der Waals surface area contributed by atoms with Gasteiger partial charge in [0.05, 0.1) is 13.3 Å². The van der Waals surface area contributed by atoms with Crippen LogP contribution in [0.3, 0.4) is 0 Å². The topological polar surface area (TPSA) is 57.1 Å². The van der Waals surface area contributed by atoms with Crippen LogP contribution in [0.5, 0.6) is 11.5 Å². The lowest BCUT2D eigenvalue weighted by atomic mass is 10.2. The van der Waals surface area contributed by atoms with Crippen molar-refractivity contribution in [3.05, 3.63) is 59.7 Å². The van der Waals surface area contributed by atoms with E-state index in [1.807, 2.05) is 30.3 Å². The molecule has 2 aromatic rings. The Bertz CT molecular complexity index is 689. The van der Waals surface area contributed by atoms with Crippen LogP contribution < -0.4 is 10.1 Å². The first-order valence-corrected chi connectivity index (χ1v) is 7.48. The van der Waals surface area contributed by atoms with Gasteiger partial charge in [0.15, 0.2) is 16.6 Å². The number of hydrazone groups is 1. The van der Waals surface area contributed by atoms with Gasteiger partial charge in [-0.2, -0.15) is 5.10 Å². The largest absolute Gasteiger partial charge is 0.504 e. The molecule has 5 nitrogen and oxygen atoms in total. The lowest BCUT2D eigenvalue weighted by Gasteiger charge is -2.15. The summed E-state index contributed by atoms with van der Waals surface area (Å²) in [4.78, 5) is 0. The minimum Gasteiger partial charge on any atom is -0.504 e. The molecule has 0 unspecified atom stereocenters. The van der Waals surface area contributed by atoms with Crippen LogP contribution in [0.1, 0.15) is 11.1 Å². The minimum absolute atomic E-state index is 0.0512.